The molecule has 39 heavy (non-hydrogen) atoms. The van der Waals surface area contributed by atoms with Gasteiger partial charge in [0.25, 0.3) is 0 Å². The van der Waals surface area contributed by atoms with Gasteiger partial charge >= 0.3 is 12.5 Å². The van der Waals surface area contributed by atoms with Gasteiger partial charge in [0, 0.05) is 16.7 Å². The number of aromatic nitrogens is 2. The highest BCUT2D eigenvalue weighted by molar-refractivity contribution is 7.95. The Labute approximate surface area is 222 Å². The molecule has 0 aliphatic rings. The van der Waals surface area contributed by atoms with Crippen molar-refractivity contribution in [3.8, 4) is 34.0 Å². The van der Waals surface area contributed by atoms with Gasteiger partial charge in [0.05, 0.1) is 28.2 Å². The van der Waals surface area contributed by atoms with Crippen LogP contribution in [0.3, 0.4) is 0 Å². The molecular weight excluding hydrogens is 570 g/mol. The molecule has 0 amide bonds. The Bertz CT molecular complexity index is 1560. The average molecular weight is 587 g/mol. The van der Waals surface area contributed by atoms with Crippen LogP contribution in [0.4, 0.5) is 26.3 Å². The minimum atomic E-state index is -4.96. The van der Waals surface area contributed by atoms with E-state index in [0.717, 1.165) is 18.4 Å². The number of hydrogen-bond donors (Lipinski definition) is 0. The zero-order valence-electron chi connectivity index (χ0n) is 19.6. The number of nitrogens with zero attached hydrogens (tertiary/aromatic N) is 2. The maximum Gasteiger partial charge on any atom is 0.573 e. The van der Waals surface area contributed by atoms with Gasteiger partial charge < -0.3 is 8.92 Å². The highest BCUT2D eigenvalue weighted by atomic mass is 32.2. The first kappa shape index (κ1) is 28.2. The molecule has 0 aliphatic carbocycles. The molecule has 0 radical (unpaired) electrons. The number of rotatable bonds is 7. The van der Waals surface area contributed by atoms with E-state index in [1.54, 1.807) is 30.3 Å². The standard InChI is InChI=1S/C25H16F6N2O4S2/c1-39(34,35)19-13-7-16(8-14-19)21-20(15-5-3-2-4-6-15)22(33-23(32-21)24(26,27)28)37-38-18-11-9-17(10-12-18)36-25(29,30)31/h2-14H,1H3. The molecular formula is C25H16F6N2O4S2. The summed E-state index contributed by atoms with van der Waals surface area (Å²) < 4.78 is 112. The smallest absolute Gasteiger partial charge is 0.406 e. The van der Waals surface area contributed by atoms with E-state index < -0.39 is 39.8 Å². The summed E-state index contributed by atoms with van der Waals surface area (Å²) in [6, 6.07) is 17.8. The predicted octanol–water partition coefficient (Wildman–Crippen LogP) is 7.22. The molecule has 0 spiro atoms. The third kappa shape index (κ3) is 7.20. The lowest BCUT2D eigenvalue weighted by atomic mass is 10.00. The molecule has 4 rings (SSSR count). The largest absolute Gasteiger partial charge is 0.573 e. The maximum atomic E-state index is 13.8. The van der Waals surface area contributed by atoms with E-state index >= 15 is 0 Å². The number of benzene rings is 3. The van der Waals surface area contributed by atoms with Gasteiger partial charge in [0.1, 0.15) is 5.75 Å². The summed E-state index contributed by atoms with van der Waals surface area (Å²) in [6.07, 6.45) is -8.86. The van der Waals surface area contributed by atoms with Crippen LogP contribution in [0.5, 0.6) is 11.6 Å². The first-order chi connectivity index (χ1) is 18.2. The van der Waals surface area contributed by atoms with Crippen LogP contribution in [0.15, 0.2) is 88.7 Å². The molecule has 0 aliphatic heterocycles. The summed E-state index contributed by atoms with van der Waals surface area (Å²) in [5.74, 6) is -2.46. The number of ether oxygens (including phenoxy) is 1. The van der Waals surface area contributed by atoms with Crippen LogP contribution in [0, 0.1) is 0 Å². The maximum absolute atomic E-state index is 13.8. The van der Waals surface area contributed by atoms with E-state index in [9.17, 15) is 34.8 Å². The molecule has 0 bridgehead atoms. The van der Waals surface area contributed by atoms with Crippen molar-refractivity contribution in [1.82, 2.24) is 9.97 Å². The van der Waals surface area contributed by atoms with Gasteiger partial charge in [-0.15, -0.1) is 13.2 Å². The highest BCUT2D eigenvalue weighted by Crippen LogP contribution is 2.42. The van der Waals surface area contributed by atoms with Crippen LogP contribution >= 0.6 is 12.0 Å². The molecule has 3 aromatic carbocycles. The van der Waals surface area contributed by atoms with Gasteiger partial charge in [0.2, 0.25) is 11.7 Å². The Hall–Kier alpha value is -3.78. The molecule has 0 saturated carbocycles. The number of alkyl halides is 6. The van der Waals surface area contributed by atoms with Crippen LogP contribution in [-0.4, -0.2) is 31.0 Å². The van der Waals surface area contributed by atoms with Crippen molar-refractivity contribution >= 4 is 21.9 Å². The third-order valence-electron chi connectivity index (χ3n) is 5.02. The van der Waals surface area contributed by atoms with Crippen molar-refractivity contribution in [2.75, 3.05) is 6.26 Å². The minimum absolute atomic E-state index is 0.0393. The Morgan fingerprint density at radius 1 is 0.769 bits per heavy atom. The predicted molar refractivity (Wildman–Crippen MR) is 131 cm³/mol. The second-order valence-corrected chi connectivity index (χ2v) is 10.7. The fourth-order valence-electron chi connectivity index (χ4n) is 3.35. The van der Waals surface area contributed by atoms with Crippen LogP contribution in [0.1, 0.15) is 5.82 Å². The monoisotopic (exact) mass is 586 g/mol. The van der Waals surface area contributed by atoms with Gasteiger partial charge in [-0.1, -0.05) is 42.5 Å². The summed E-state index contributed by atoms with van der Waals surface area (Å²) in [5, 5.41) is 0. The molecule has 1 aromatic heterocycles. The summed E-state index contributed by atoms with van der Waals surface area (Å²) in [6.45, 7) is 0. The number of sulfone groups is 1. The minimum Gasteiger partial charge on any atom is -0.406 e. The summed E-state index contributed by atoms with van der Waals surface area (Å²) in [7, 11) is -3.57. The quantitative estimate of drug-likeness (QED) is 0.167. The highest BCUT2D eigenvalue weighted by Gasteiger charge is 2.37. The van der Waals surface area contributed by atoms with Crippen molar-refractivity contribution < 1.29 is 43.7 Å². The fourth-order valence-corrected chi connectivity index (χ4v) is 4.52. The van der Waals surface area contributed by atoms with Crippen LogP contribution in [0.25, 0.3) is 22.4 Å². The van der Waals surface area contributed by atoms with Crippen LogP contribution in [-0.2, 0) is 16.0 Å². The molecule has 1 heterocycles. The van der Waals surface area contributed by atoms with E-state index in [1.807, 2.05) is 0 Å². The summed E-state index contributed by atoms with van der Waals surface area (Å²) in [4.78, 5) is 7.55. The fraction of sp³-hybridized carbons (Fsp3) is 0.120. The van der Waals surface area contributed by atoms with Crippen molar-refractivity contribution in [2.45, 2.75) is 22.3 Å². The zero-order valence-corrected chi connectivity index (χ0v) is 21.3. The molecule has 0 fully saturated rings. The SMILES string of the molecule is CS(=O)(=O)c1ccc(-c2nc(C(F)(F)F)nc(OSc3ccc(OC(F)(F)F)cc3)c2-c2ccccc2)cc1. The normalized spacial score (nSPS) is 12.3. The lowest BCUT2D eigenvalue weighted by Gasteiger charge is -2.17. The Kier molecular flexibility index (Phi) is 7.80. The molecule has 4 aromatic rings. The van der Waals surface area contributed by atoms with Gasteiger partial charge in [-0.2, -0.15) is 18.2 Å². The van der Waals surface area contributed by atoms with E-state index in [-0.39, 0.29) is 26.6 Å². The van der Waals surface area contributed by atoms with Gasteiger partial charge in [0.15, 0.2) is 9.84 Å². The zero-order chi connectivity index (χ0) is 28.4. The van der Waals surface area contributed by atoms with E-state index in [1.165, 1.54) is 36.4 Å². The van der Waals surface area contributed by atoms with Gasteiger partial charge in [-0.3, -0.25) is 0 Å². The molecule has 0 unspecified atom stereocenters. The van der Waals surface area contributed by atoms with E-state index in [2.05, 4.69) is 14.7 Å². The second-order valence-electron chi connectivity index (χ2n) is 7.92. The van der Waals surface area contributed by atoms with Crippen molar-refractivity contribution in [3.05, 3.63) is 84.7 Å². The molecule has 0 N–H and O–H groups in total. The molecule has 0 saturated heterocycles. The third-order valence-corrected chi connectivity index (χ3v) is 6.86. The Morgan fingerprint density at radius 3 is 1.92 bits per heavy atom. The van der Waals surface area contributed by atoms with Crippen molar-refractivity contribution in [2.24, 2.45) is 0 Å². The van der Waals surface area contributed by atoms with Gasteiger partial charge in [-0.05, 0) is 42.0 Å². The number of hydrogen-bond acceptors (Lipinski definition) is 7. The first-order valence-corrected chi connectivity index (χ1v) is 13.4. The van der Waals surface area contributed by atoms with E-state index in [4.69, 9.17) is 4.18 Å². The van der Waals surface area contributed by atoms with Crippen LogP contribution in [0.2, 0.25) is 0 Å². The second kappa shape index (κ2) is 10.8. The molecule has 14 heteroatoms. The lowest BCUT2D eigenvalue weighted by molar-refractivity contribution is -0.274. The van der Waals surface area contributed by atoms with Crippen molar-refractivity contribution in [3.63, 3.8) is 0 Å². The topological polar surface area (TPSA) is 78.4 Å². The Balaban J connectivity index is 1.80. The van der Waals surface area contributed by atoms with Crippen molar-refractivity contribution in [1.29, 1.82) is 0 Å². The molecule has 0 atom stereocenters. The van der Waals surface area contributed by atoms with E-state index in [0.29, 0.717) is 17.6 Å². The summed E-state index contributed by atoms with van der Waals surface area (Å²) in [5.41, 5.74) is 0.476. The summed E-state index contributed by atoms with van der Waals surface area (Å²) >= 11 is 0.564. The molecule has 204 valence electrons. The molecule has 6 nitrogen and oxygen atoms in total. The van der Waals surface area contributed by atoms with Crippen LogP contribution < -0.4 is 8.92 Å². The Morgan fingerprint density at radius 2 is 1.38 bits per heavy atom. The van der Waals surface area contributed by atoms with Gasteiger partial charge in [-0.25, -0.2) is 13.4 Å². The number of halogens is 6. The first-order valence-electron chi connectivity index (χ1n) is 10.8. The lowest BCUT2D eigenvalue weighted by Crippen LogP contribution is -2.16. The average Bonchev–Trinajstić information content (AvgIpc) is 2.86.